The highest BCUT2D eigenvalue weighted by Gasteiger charge is 2.17. The Labute approximate surface area is 130 Å². The molecule has 4 nitrogen and oxygen atoms in total. The number of nitrogens with zero attached hydrogens (tertiary/aromatic N) is 1. The number of aromatic nitrogens is 2. The summed E-state index contributed by atoms with van der Waals surface area (Å²) < 4.78 is 5.46. The van der Waals surface area contributed by atoms with Gasteiger partial charge in [0, 0.05) is 23.2 Å². The molecular formula is C18H21N3O. The minimum Gasteiger partial charge on any atom is -0.494 e. The van der Waals surface area contributed by atoms with Crippen molar-refractivity contribution < 1.29 is 4.74 Å². The Bertz CT molecular complexity index is 759. The van der Waals surface area contributed by atoms with Crippen molar-refractivity contribution in [3.63, 3.8) is 0 Å². The van der Waals surface area contributed by atoms with Gasteiger partial charge in [-0.3, -0.25) is 0 Å². The SMILES string of the molecule is CCc1ccc(/C=C2\N=C(c3ccc(CC)[nH]3)C=C2OC)[nH]1. The van der Waals surface area contributed by atoms with Gasteiger partial charge in [0.1, 0.15) is 11.5 Å². The number of aliphatic imine (C=N–C) groups is 1. The number of rotatable bonds is 5. The highest BCUT2D eigenvalue weighted by molar-refractivity contribution is 6.11. The van der Waals surface area contributed by atoms with E-state index in [0.717, 1.165) is 41.4 Å². The number of hydrogen-bond donors (Lipinski definition) is 2. The van der Waals surface area contributed by atoms with Crippen molar-refractivity contribution in [3.8, 4) is 0 Å². The topological polar surface area (TPSA) is 53.2 Å². The normalized spacial score (nSPS) is 16.0. The molecule has 3 heterocycles. The summed E-state index contributed by atoms with van der Waals surface area (Å²) in [4.78, 5) is 11.4. The van der Waals surface area contributed by atoms with Gasteiger partial charge in [0.25, 0.3) is 0 Å². The molecular weight excluding hydrogens is 274 g/mol. The van der Waals surface area contributed by atoms with Crippen molar-refractivity contribution in [1.29, 1.82) is 0 Å². The molecule has 3 rings (SSSR count). The van der Waals surface area contributed by atoms with Crippen LogP contribution in [0.1, 0.15) is 36.6 Å². The van der Waals surface area contributed by atoms with Crippen LogP contribution in [0.15, 0.2) is 46.8 Å². The average molecular weight is 295 g/mol. The lowest BCUT2D eigenvalue weighted by Crippen LogP contribution is -1.94. The van der Waals surface area contributed by atoms with Gasteiger partial charge in [0.15, 0.2) is 0 Å². The zero-order valence-corrected chi connectivity index (χ0v) is 13.2. The lowest BCUT2D eigenvalue weighted by molar-refractivity contribution is 0.303. The van der Waals surface area contributed by atoms with E-state index in [-0.39, 0.29) is 0 Å². The number of nitrogens with one attached hydrogen (secondary N) is 2. The van der Waals surface area contributed by atoms with Gasteiger partial charge < -0.3 is 14.7 Å². The molecule has 114 valence electrons. The van der Waals surface area contributed by atoms with Gasteiger partial charge in [0.2, 0.25) is 0 Å². The van der Waals surface area contributed by atoms with Crippen LogP contribution in [0.5, 0.6) is 0 Å². The summed E-state index contributed by atoms with van der Waals surface area (Å²) in [5.74, 6) is 0.787. The summed E-state index contributed by atoms with van der Waals surface area (Å²) in [5, 5.41) is 0. The fraction of sp³-hybridized carbons (Fsp3) is 0.278. The number of hydrogen-bond acceptors (Lipinski definition) is 2. The van der Waals surface area contributed by atoms with Crippen LogP contribution in [0.25, 0.3) is 6.08 Å². The molecule has 0 aromatic carbocycles. The Kier molecular flexibility index (Phi) is 4.00. The molecule has 2 aromatic heterocycles. The van der Waals surface area contributed by atoms with Gasteiger partial charge in [-0.05, 0) is 43.2 Å². The summed E-state index contributed by atoms with van der Waals surface area (Å²) >= 11 is 0. The first-order valence-electron chi connectivity index (χ1n) is 7.66. The highest BCUT2D eigenvalue weighted by atomic mass is 16.5. The first-order chi connectivity index (χ1) is 10.7. The summed E-state index contributed by atoms with van der Waals surface area (Å²) in [7, 11) is 1.68. The van der Waals surface area contributed by atoms with E-state index < -0.39 is 0 Å². The van der Waals surface area contributed by atoms with E-state index in [2.05, 4.69) is 48.1 Å². The van der Waals surface area contributed by atoms with Crippen LogP contribution in [0.4, 0.5) is 0 Å². The standard InChI is InChI=1S/C18H21N3O/c1-4-12-6-7-14(19-12)10-17-18(22-3)11-16(21-17)15-9-8-13(5-2)20-15/h6-11,19-20H,4-5H2,1-3H3/b17-10-. The van der Waals surface area contributed by atoms with Gasteiger partial charge in [-0.25, -0.2) is 4.99 Å². The quantitative estimate of drug-likeness (QED) is 0.865. The Balaban J connectivity index is 1.92. The van der Waals surface area contributed by atoms with Crippen LogP contribution in [-0.2, 0) is 17.6 Å². The number of aryl methyl sites for hydroxylation is 2. The molecule has 22 heavy (non-hydrogen) atoms. The summed E-state index contributed by atoms with van der Waals surface area (Å²) in [5.41, 5.74) is 6.24. The van der Waals surface area contributed by atoms with Crippen LogP contribution >= 0.6 is 0 Å². The van der Waals surface area contributed by atoms with E-state index in [1.807, 2.05) is 12.2 Å². The fourth-order valence-electron chi connectivity index (χ4n) is 2.51. The monoisotopic (exact) mass is 295 g/mol. The van der Waals surface area contributed by atoms with Crippen LogP contribution < -0.4 is 0 Å². The molecule has 0 unspecified atom stereocenters. The zero-order valence-electron chi connectivity index (χ0n) is 13.2. The summed E-state index contributed by atoms with van der Waals surface area (Å²) in [6.45, 7) is 4.26. The first-order valence-corrected chi connectivity index (χ1v) is 7.66. The van der Waals surface area contributed by atoms with Gasteiger partial charge in [-0.15, -0.1) is 0 Å². The van der Waals surface area contributed by atoms with E-state index in [0.29, 0.717) is 0 Å². The number of methoxy groups -OCH3 is 1. The summed E-state index contributed by atoms with van der Waals surface area (Å²) in [6, 6.07) is 8.32. The molecule has 0 saturated heterocycles. The average Bonchev–Trinajstić information content (AvgIpc) is 3.26. The largest absolute Gasteiger partial charge is 0.494 e. The molecule has 0 atom stereocenters. The number of ether oxygens (including phenoxy) is 1. The van der Waals surface area contributed by atoms with Crippen LogP contribution in [0.2, 0.25) is 0 Å². The second-order valence-corrected chi connectivity index (χ2v) is 5.28. The molecule has 0 aliphatic carbocycles. The number of allylic oxidation sites excluding steroid dienone is 1. The second kappa shape index (κ2) is 6.10. The molecule has 1 aliphatic heterocycles. The minimum absolute atomic E-state index is 0.787. The van der Waals surface area contributed by atoms with Crippen LogP contribution in [0, 0.1) is 0 Å². The maximum Gasteiger partial charge on any atom is 0.146 e. The smallest absolute Gasteiger partial charge is 0.146 e. The van der Waals surface area contributed by atoms with Crippen molar-refractivity contribution in [2.75, 3.05) is 7.11 Å². The Morgan fingerprint density at radius 3 is 2.41 bits per heavy atom. The predicted octanol–water partition coefficient (Wildman–Crippen LogP) is 3.84. The minimum atomic E-state index is 0.787. The molecule has 0 spiro atoms. The van der Waals surface area contributed by atoms with Gasteiger partial charge in [0.05, 0.1) is 18.5 Å². The van der Waals surface area contributed by atoms with Crippen molar-refractivity contribution in [2.45, 2.75) is 26.7 Å². The van der Waals surface area contributed by atoms with Crippen molar-refractivity contribution in [1.82, 2.24) is 9.97 Å². The fourth-order valence-corrected chi connectivity index (χ4v) is 2.51. The van der Waals surface area contributed by atoms with E-state index in [9.17, 15) is 0 Å². The summed E-state index contributed by atoms with van der Waals surface area (Å²) in [6.07, 6.45) is 5.97. The maximum absolute atomic E-state index is 5.46. The highest BCUT2D eigenvalue weighted by Crippen LogP contribution is 2.24. The van der Waals surface area contributed by atoms with Gasteiger partial charge in [-0.2, -0.15) is 0 Å². The Hall–Kier alpha value is -2.49. The van der Waals surface area contributed by atoms with Crippen molar-refractivity contribution in [3.05, 3.63) is 64.6 Å². The van der Waals surface area contributed by atoms with Gasteiger partial charge >= 0.3 is 0 Å². The lowest BCUT2D eigenvalue weighted by atomic mass is 10.2. The molecule has 2 N–H and O–H groups in total. The lowest BCUT2D eigenvalue weighted by Gasteiger charge is -2.00. The van der Waals surface area contributed by atoms with Crippen molar-refractivity contribution in [2.24, 2.45) is 4.99 Å². The number of H-pyrrole nitrogens is 2. The van der Waals surface area contributed by atoms with E-state index in [1.54, 1.807) is 7.11 Å². The van der Waals surface area contributed by atoms with E-state index in [4.69, 9.17) is 9.73 Å². The molecule has 4 heteroatoms. The third kappa shape index (κ3) is 2.77. The maximum atomic E-state index is 5.46. The number of aromatic amines is 2. The zero-order chi connectivity index (χ0) is 15.5. The third-order valence-electron chi connectivity index (χ3n) is 3.83. The molecule has 0 radical (unpaired) electrons. The Morgan fingerprint density at radius 2 is 1.77 bits per heavy atom. The van der Waals surface area contributed by atoms with Crippen molar-refractivity contribution >= 4 is 11.8 Å². The molecule has 0 saturated carbocycles. The van der Waals surface area contributed by atoms with Crippen LogP contribution in [0.3, 0.4) is 0 Å². The predicted molar refractivity (Wildman–Crippen MR) is 89.9 cm³/mol. The van der Waals surface area contributed by atoms with E-state index >= 15 is 0 Å². The van der Waals surface area contributed by atoms with Gasteiger partial charge in [-0.1, -0.05) is 13.8 Å². The molecule has 2 aromatic rings. The second-order valence-electron chi connectivity index (χ2n) is 5.28. The molecule has 0 fully saturated rings. The third-order valence-corrected chi connectivity index (χ3v) is 3.83. The van der Waals surface area contributed by atoms with E-state index in [1.165, 1.54) is 11.4 Å². The van der Waals surface area contributed by atoms with Crippen LogP contribution in [-0.4, -0.2) is 22.8 Å². The first kappa shape index (κ1) is 14.4. The molecule has 0 bridgehead atoms. The molecule has 1 aliphatic rings. The Morgan fingerprint density at radius 1 is 1.05 bits per heavy atom. The molecule has 0 amide bonds.